The van der Waals surface area contributed by atoms with E-state index in [-0.39, 0.29) is 11.7 Å². The summed E-state index contributed by atoms with van der Waals surface area (Å²) in [6, 6.07) is 32.3. The van der Waals surface area contributed by atoms with Crippen molar-refractivity contribution in [1.82, 2.24) is 4.90 Å². The van der Waals surface area contributed by atoms with Crippen LogP contribution in [0.2, 0.25) is 0 Å². The largest absolute Gasteiger partial charge is 0.478 e. The molecule has 0 spiro atoms. The molecule has 4 rings (SSSR count). The number of thiophene rings is 1. The molecular weight excluding hydrogens is 546 g/mol. The number of rotatable bonds is 17. The number of carbonyl (C=O) groups excluding carboxylic acids is 1. The fourth-order valence-corrected chi connectivity index (χ4v) is 5.63. The van der Waals surface area contributed by atoms with Crippen molar-refractivity contribution in [3.63, 3.8) is 0 Å². The molecule has 0 saturated heterocycles. The van der Waals surface area contributed by atoms with Crippen LogP contribution in [0, 0.1) is 0 Å². The van der Waals surface area contributed by atoms with Crippen molar-refractivity contribution in [2.75, 3.05) is 20.2 Å². The molecule has 1 atom stereocenters. The number of carbonyl (C=O) groups is 2. The molecule has 0 saturated carbocycles. The Bertz CT molecular complexity index is 1310. The lowest BCUT2D eigenvalue weighted by atomic mass is 10.1. The van der Waals surface area contributed by atoms with Crippen molar-refractivity contribution in [2.45, 2.75) is 51.4 Å². The third kappa shape index (κ3) is 11.3. The summed E-state index contributed by atoms with van der Waals surface area (Å²) in [6.07, 6.45) is 5.21. The molecule has 0 bridgehead atoms. The number of aryl methyl sites for hydroxylation is 2. The molecule has 0 radical (unpaired) electrons. The lowest BCUT2D eigenvalue weighted by Crippen LogP contribution is -2.30. The van der Waals surface area contributed by atoms with Gasteiger partial charge in [0.05, 0.1) is 18.3 Å². The van der Waals surface area contributed by atoms with Gasteiger partial charge >= 0.3 is 5.97 Å². The highest BCUT2D eigenvalue weighted by Gasteiger charge is 2.18. The third-order valence-corrected chi connectivity index (χ3v) is 8.01. The Labute approximate surface area is 253 Å². The first kappa shape index (κ1) is 32.9. The van der Waals surface area contributed by atoms with E-state index in [1.54, 1.807) is 12.1 Å². The van der Waals surface area contributed by atoms with Crippen molar-refractivity contribution in [2.24, 2.45) is 0 Å². The van der Waals surface area contributed by atoms with E-state index in [0.29, 0.717) is 26.1 Å². The van der Waals surface area contributed by atoms with Crippen molar-refractivity contribution in [3.05, 3.63) is 129 Å². The minimum atomic E-state index is -0.924. The minimum absolute atomic E-state index is 0.125. The predicted octanol–water partition coefficient (Wildman–Crippen LogP) is 6.97. The van der Waals surface area contributed by atoms with E-state index in [0.717, 1.165) is 56.8 Å². The van der Waals surface area contributed by atoms with E-state index < -0.39 is 5.97 Å². The zero-order valence-electron chi connectivity index (χ0n) is 24.2. The van der Waals surface area contributed by atoms with E-state index in [1.807, 2.05) is 41.7 Å². The number of ether oxygens (including phenoxy) is 1. The number of aliphatic hydroxyl groups excluding tert-OH is 1. The topological polar surface area (TPSA) is 87.1 Å². The van der Waals surface area contributed by atoms with Gasteiger partial charge in [0.15, 0.2) is 0 Å². The van der Waals surface area contributed by atoms with E-state index in [1.165, 1.54) is 15.3 Å². The van der Waals surface area contributed by atoms with Crippen LogP contribution in [0.5, 0.6) is 0 Å². The molecule has 7 heteroatoms. The van der Waals surface area contributed by atoms with Gasteiger partial charge in [-0.05, 0) is 73.2 Å². The van der Waals surface area contributed by atoms with E-state index in [2.05, 4.69) is 59.5 Å². The predicted molar refractivity (Wildman–Crippen MR) is 169 cm³/mol. The second-order valence-electron chi connectivity index (χ2n) is 9.96. The summed E-state index contributed by atoms with van der Waals surface area (Å²) in [5.41, 5.74) is 3.81. The lowest BCUT2D eigenvalue weighted by Gasteiger charge is -2.28. The molecule has 0 aliphatic rings. The van der Waals surface area contributed by atoms with Gasteiger partial charge in [-0.15, -0.1) is 11.3 Å². The Balaban J connectivity index is 0.00000237. The number of benzene rings is 3. The average molecular weight is 588 g/mol. The monoisotopic (exact) mass is 587 g/mol. The molecule has 1 aromatic heterocycles. The summed E-state index contributed by atoms with van der Waals surface area (Å²) in [6.45, 7) is 2.74. The molecule has 6 nitrogen and oxygen atoms in total. The van der Waals surface area contributed by atoms with Crippen LogP contribution in [0.1, 0.15) is 62.2 Å². The quantitative estimate of drug-likeness (QED) is 0.103. The first-order valence-corrected chi connectivity index (χ1v) is 15.1. The molecule has 3 aromatic carbocycles. The van der Waals surface area contributed by atoms with Crippen molar-refractivity contribution >= 4 is 23.6 Å². The van der Waals surface area contributed by atoms with Gasteiger partial charge in [-0.2, -0.15) is 0 Å². The normalized spacial score (nSPS) is 11.5. The summed E-state index contributed by atoms with van der Waals surface area (Å²) < 4.78 is 6.57. The Morgan fingerprint density at radius 3 is 2.17 bits per heavy atom. The second kappa shape index (κ2) is 18.7. The summed E-state index contributed by atoms with van der Waals surface area (Å²) >= 11 is 1.81. The van der Waals surface area contributed by atoms with E-state index >= 15 is 0 Å². The minimum Gasteiger partial charge on any atom is -0.478 e. The summed E-state index contributed by atoms with van der Waals surface area (Å²) in [7, 11) is 1.00. The van der Waals surface area contributed by atoms with Gasteiger partial charge in [0.2, 0.25) is 0 Å². The van der Waals surface area contributed by atoms with Crippen LogP contribution in [-0.4, -0.2) is 47.6 Å². The van der Waals surface area contributed by atoms with Crippen LogP contribution in [0.15, 0.2) is 97.1 Å². The maximum Gasteiger partial charge on any atom is 0.335 e. The fraction of sp³-hybridized carbons (Fsp3) is 0.314. The van der Waals surface area contributed by atoms with Gasteiger partial charge in [-0.1, -0.05) is 72.8 Å². The maximum absolute atomic E-state index is 11.3. The standard InChI is InChI=1S/C34H37NO4S.CH4O/c36-23-9-3-8-22-35(24-28-14-17-30(18-15-28)34(37)38)25-33(29-12-6-2-7-13-29)39-26-32-21-20-31(40-32)19-16-27-10-4-1-5-11-27;1-2/h1-2,4-7,10-15,17-18,20-21,23,33H,3,8-9,16,19,22,24-26H2,(H,37,38);2H,1H3. The molecule has 0 aliphatic carbocycles. The molecule has 222 valence electrons. The molecule has 2 N–H and O–H groups in total. The van der Waals surface area contributed by atoms with Crippen LogP contribution < -0.4 is 0 Å². The van der Waals surface area contributed by atoms with Gasteiger partial charge in [0.25, 0.3) is 0 Å². The van der Waals surface area contributed by atoms with Gasteiger partial charge in [0.1, 0.15) is 6.29 Å². The summed E-state index contributed by atoms with van der Waals surface area (Å²) in [5, 5.41) is 16.3. The van der Waals surface area contributed by atoms with Crippen LogP contribution in [0.3, 0.4) is 0 Å². The van der Waals surface area contributed by atoms with Crippen molar-refractivity contribution < 1.29 is 24.5 Å². The SMILES string of the molecule is CO.O=CCCCCN(Cc1ccc(C(=O)O)cc1)CC(OCc1ccc(CCc2ccccc2)s1)c1ccccc1. The highest BCUT2D eigenvalue weighted by atomic mass is 32.1. The smallest absolute Gasteiger partial charge is 0.335 e. The number of aldehydes is 1. The third-order valence-electron chi connectivity index (χ3n) is 6.90. The average Bonchev–Trinajstić information content (AvgIpc) is 3.50. The van der Waals surface area contributed by atoms with Crippen LogP contribution >= 0.6 is 11.3 Å². The van der Waals surface area contributed by atoms with Gasteiger partial charge in [0, 0.05) is 36.4 Å². The molecule has 42 heavy (non-hydrogen) atoms. The first-order chi connectivity index (χ1) is 20.6. The molecule has 0 aliphatic heterocycles. The Morgan fingerprint density at radius 2 is 1.50 bits per heavy atom. The van der Waals surface area contributed by atoms with Gasteiger partial charge in [-0.25, -0.2) is 4.79 Å². The van der Waals surface area contributed by atoms with Crippen LogP contribution in [-0.2, 0) is 35.5 Å². The number of aromatic carboxylic acids is 1. The highest BCUT2D eigenvalue weighted by Crippen LogP contribution is 2.25. The summed E-state index contributed by atoms with van der Waals surface area (Å²) in [4.78, 5) is 27.0. The number of carboxylic acid groups (broad SMARTS) is 1. The fourth-order valence-electron chi connectivity index (χ4n) is 4.69. The van der Waals surface area contributed by atoms with Crippen molar-refractivity contribution in [3.8, 4) is 0 Å². The van der Waals surface area contributed by atoms with Gasteiger partial charge in [-0.3, -0.25) is 4.90 Å². The first-order valence-electron chi connectivity index (χ1n) is 14.3. The molecule has 0 fully saturated rings. The Hall–Kier alpha value is -3.62. The lowest BCUT2D eigenvalue weighted by molar-refractivity contribution is -0.108. The number of nitrogens with zero attached hydrogens (tertiary/aromatic N) is 1. The molecule has 1 heterocycles. The Morgan fingerprint density at radius 1 is 0.833 bits per heavy atom. The number of unbranched alkanes of at least 4 members (excludes halogenated alkanes) is 2. The van der Waals surface area contributed by atoms with Crippen molar-refractivity contribution in [1.29, 1.82) is 0 Å². The summed E-state index contributed by atoms with van der Waals surface area (Å²) in [5.74, 6) is -0.924. The molecule has 1 unspecified atom stereocenters. The molecule has 0 amide bonds. The van der Waals surface area contributed by atoms with Gasteiger partial charge < -0.3 is 19.7 Å². The second-order valence-corrected chi connectivity index (χ2v) is 11.2. The number of hydrogen-bond acceptors (Lipinski definition) is 6. The highest BCUT2D eigenvalue weighted by molar-refractivity contribution is 7.11. The number of hydrogen-bond donors (Lipinski definition) is 2. The maximum atomic E-state index is 11.3. The zero-order chi connectivity index (χ0) is 30.0. The zero-order valence-corrected chi connectivity index (χ0v) is 25.0. The van der Waals surface area contributed by atoms with Crippen LogP contribution in [0.4, 0.5) is 0 Å². The molecular formula is C35H41NO5S. The van der Waals surface area contributed by atoms with E-state index in [4.69, 9.17) is 9.84 Å². The number of carboxylic acids is 1. The number of aliphatic hydroxyl groups is 1. The van der Waals surface area contributed by atoms with E-state index in [9.17, 15) is 14.7 Å². The van der Waals surface area contributed by atoms with Crippen LogP contribution in [0.25, 0.3) is 0 Å². The molecule has 4 aromatic rings. The Kier molecular flexibility index (Phi) is 14.7.